The van der Waals surface area contributed by atoms with Crippen LogP contribution in [0.4, 0.5) is 5.69 Å². The Morgan fingerprint density at radius 1 is 0.952 bits per heavy atom. The molecule has 3 rings (SSSR count). The third kappa shape index (κ3) is 7.76. The first-order valence-corrected chi connectivity index (χ1v) is 15.9. The van der Waals surface area contributed by atoms with Gasteiger partial charge in [-0.25, -0.2) is 8.42 Å². The molecule has 0 heterocycles. The molecule has 1 N–H and O–H groups in total. The van der Waals surface area contributed by atoms with E-state index < -0.39 is 28.5 Å². The van der Waals surface area contributed by atoms with Crippen molar-refractivity contribution in [3.8, 4) is 5.75 Å². The van der Waals surface area contributed by atoms with E-state index in [2.05, 4.69) is 5.32 Å². The highest BCUT2D eigenvalue weighted by Crippen LogP contribution is 2.34. The van der Waals surface area contributed by atoms with Crippen LogP contribution in [0.15, 0.2) is 71.6 Å². The smallest absolute Gasteiger partial charge is 0.264 e. The van der Waals surface area contributed by atoms with Crippen molar-refractivity contribution in [2.75, 3.05) is 18.0 Å². The van der Waals surface area contributed by atoms with E-state index in [4.69, 9.17) is 27.9 Å². The van der Waals surface area contributed by atoms with Crippen molar-refractivity contribution in [2.24, 2.45) is 0 Å². The van der Waals surface area contributed by atoms with Gasteiger partial charge in [0.15, 0.2) is 0 Å². The number of rotatable bonds is 13. The van der Waals surface area contributed by atoms with Crippen LogP contribution >= 0.6 is 23.2 Å². The van der Waals surface area contributed by atoms with E-state index in [-0.39, 0.29) is 41.2 Å². The van der Waals surface area contributed by atoms with E-state index in [1.54, 1.807) is 61.5 Å². The lowest BCUT2D eigenvalue weighted by molar-refractivity contribution is -0.140. The Balaban J connectivity index is 2.16. The SMILES string of the molecule is CCC(C)NC(=O)C(CC)N(Cc1c(Cl)cccc1Cl)C(=O)CN(c1cc(C)ccc1OC)S(=O)(=O)c1ccccc1. The average molecular weight is 635 g/mol. The molecule has 2 amide bonds. The molecule has 3 aromatic rings. The highest BCUT2D eigenvalue weighted by Gasteiger charge is 2.35. The Morgan fingerprint density at radius 3 is 2.17 bits per heavy atom. The van der Waals surface area contributed by atoms with Crippen molar-refractivity contribution in [3.63, 3.8) is 0 Å². The maximum absolute atomic E-state index is 14.3. The number of nitrogens with one attached hydrogen (secondary N) is 1. The van der Waals surface area contributed by atoms with Crippen LogP contribution in [0.5, 0.6) is 5.75 Å². The van der Waals surface area contributed by atoms with Gasteiger partial charge in [-0.2, -0.15) is 0 Å². The number of aryl methyl sites for hydroxylation is 1. The highest BCUT2D eigenvalue weighted by atomic mass is 35.5. The summed E-state index contributed by atoms with van der Waals surface area (Å²) in [4.78, 5) is 29.1. The first-order valence-electron chi connectivity index (χ1n) is 13.7. The van der Waals surface area contributed by atoms with Crippen LogP contribution in [-0.4, -0.2) is 50.9 Å². The molecule has 0 aromatic heterocycles. The molecule has 8 nitrogen and oxygen atoms in total. The van der Waals surface area contributed by atoms with Crippen molar-refractivity contribution in [3.05, 3.63) is 87.9 Å². The van der Waals surface area contributed by atoms with E-state index in [0.717, 1.165) is 9.87 Å². The summed E-state index contributed by atoms with van der Waals surface area (Å²) in [6.45, 7) is 6.72. The van der Waals surface area contributed by atoms with E-state index in [1.807, 2.05) is 20.8 Å². The van der Waals surface area contributed by atoms with Crippen molar-refractivity contribution < 1.29 is 22.7 Å². The second-order valence-corrected chi connectivity index (χ2v) is 12.6. The molecule has 226 valence electrons. The quantitative estimate of drug-likeness (QED) is 0.241. The number of sulfonamides is 1. The number of halogens is 2. The fourth-order valence-electron chi connectivity index (χ4n) is 4.44. The van der Waals surface area contributed by atoms with E-state index >= 15 is 0 Å². The molecule has 0 saturated carbocycles. The number of amides is 2. The van der Waals surface area contributed by atoms with Gasteiger partial charge in [-0.05, 0) is 68.7 Å². The number of hydrogen-bond acceptors (Lipinski definition) is 5. The number of hydrogen-bond donors (Lipinski definition) is 1. The molecule has 11 heteroatoms. The molecule has 3 aromatic carbocycles. The zero-order valence-electron chi connectivity index (χ0n) is 24.4. The van der Waals surface area contributed by atoms with Gasteiger partial charge in [-0.1, -0.05) is 67.4 Å². The Bertz CT molecular complexity index is 1480. The van der Waals surface area contributed by atoms with Crippen LogP contribution in [0.25, 0.3) is 0 Å². The van der Waals surface area contributed by atoms with Gasteiger partial charge in [0.25, 0.3) is 10.0 Å². The first kappa shape index (κ1) is 33.2. The minimum absolute atomic E-state index is 0.00335. The summed E-state index contributed by atoms with van der Waals surface area (Å²) in [5.74, 6) is -0.690. The summed E-state index contributed by atoms with van der Waals surface area (Å²) in [5, 5.41) is 3.60. The largest absolute Gasteiger partial charge is 0.495 e. The van der Waals surface area contributed by atoms with Crippen LogP contribution in [0, 0.1) is 6.92 Å². The van der Waals surface area contributed by atoms with Gasteiger partial charge in [0.05, 0.1) is 17.7 Å². The van der Waals surface area contributed by atoms with E-state index in [0.29, 0.717) is 22.0 Å². The van der Waals surface area contributed by atoms with Crippen LogP contribution in [0.3, 0.4) is 0 Å². The lowest BCUT2D eigenvalue weighted by Gasteiger charge is -2.34. The minimum atomic E-state index is -4.24. The minimum Gasteiger partial charge on any atom is -0.495 e. The molecule has 2 unspecified atom stereocenters. The van der Waals surface area contributed by atoms with Crippen molar-refractivity contribution in [1.29, 1.82) is 0 Å². The molecule has 0 aliphatic heterocycles. The van der Waals surface area contributed by atoms with Gasteiger partial charge in [-0.15, -0.1) is 0 Å². The fourth-order valence-corrected chi connectivity index (χ4v) is 6.40. The normalized spacial score (nSPS) is 12.7. The molecule has 0 saturated heterocycles. The molecule has 42 heavy (non-hydrogen) atoms. The monoisotopic (exact) mass is 633 g/mol. The zero-order valence-corrected chi connectivity index (χ0v) is 26.8. The Morgan fingerprint density at radius 2 is 1.60 bits per heavy atom. The maximum atomic E-state index is 14.3. The van der Waals surface area contributed by atoms with Crippen LogP contribution in [-0.2, 0) is 26.2 Å². The highest BCUT2D eigenvalue weighted by molar-refractivity contribution is 7.92. The van der Waals surface area contributed by atoms with Crippen molar-refractivity contribution in [2.45, 2.75) is 64.1 Å². The molecule has 0 bridgehead atoms. The third-order valence-corrected chi connectivity index (χ3v) is 9.47. The summed E-state index contributed by atoms with van der Waals surface area (Å²) < 4.78 is 34.7. The number of carbonyl (C=O) groups is 2. The Labute approximate surface area is 258 Å². The molecular formula is C31H37Cl2N3O5S. The predicted octanol–water partition coefficient (Wildman–Crippen LogP) is 6.23. The molecular weight excluding hydrogens is 597 g/mol. The molecule has 0 spiro atoms. The van der Waals surface area contributed by atoms with Gasteiger partial charge in [0.1, 0.15) is 18.3 Å². The summed E-state index contributed by atoms with van der Waals surface area (Å²) in [6, 6.07) is 16.9. The predicted molar refractivity (Wildman–Crippen MR) is 168 cm³/mol. The number of nitrogens with zero attached hydrogens (tertiary/aromatic N) is 2. The lowest BCUT2D eigenvalue weighted by Crippen LogP contribution is -2.53. The molecule has 0 aliphatic carbocycles. The van der Waals surface area contributed by atoms with Crippen LogP contribution in [0.2, 0.25) is 10.0 Å². The van der Waals surface area contributed by atoms with Gasteiger partial charge in [0, 0.05) is 28.2 Å². The zero-order chi connectivity index (χ0) is 31.0. The molecule has 2 atom stereocenters. The number of methoxy groups -OCH3 is 1. The van der Waals surface area contributed by atoms with Gasteiger partial charge in [-0.3, -0.25) is 13.9 Å². The topological polar surface area (TPSA) is 96.0 Å². The van der Waals surface area contributed by atoms with E-state index in [9.17, 15) is 18.0 Å². The summed E-state index contributed by atoms with van der Waals surface area (Å²) in [5.41, 5.74) is 1.42. The summed E-state index contributed by atoms with van der Waals surface area (Å²) in [7, 11) is -2.81. The molecule has 0 aliphatic rings. The number of carbonyl (C=O) groups excluding carboxylic acids is 2. The summed E-state index contributed by atoms with van der Waals surface area (Å²) >= 11 is 13.0. The van der Waals surface area contributed by atoms with Gasteiger partial charge in [0.2, 0.25) is 11.8 Å². The lowest BCUT2D eigenvalue weighted by atomic mass is 10.1. The Kier molecular flexibility index (Phi) is 11.7. The van der Waals surface area contributed by atoms with Gasteiger partial charge >= 0.3 is 0 Å². The second-order valence-electron chi connectivity index (χ2n) is 9.96. The van der Waals surface area contributed by atoms with Gasteiger partial charge < -0.3 is 15.0 Å². The maximum Gasteiger partial charge on any atom is 0.264 e. The Hall–Kier alpha value is -3.27. The third-order valence-electron chi connectivity index (χ3n) is 6.99. The fraction of sp³-hybridized carbons (Fsp3) is 0.355. The summed E-state index contributed by atoms with van der Waals surface area (Å²) in [6.07, 6.45) is 0.970. The average Bonchev–Trinajstić information content (AvgIpc) is 2.97. The molecule has 0 radical (unpaired) electrons. The van der Waals surface area contributed by atoms with Crippen LogP contribution < -0.4 is 14.4 Å². The second kappa shape index (κ2) is 14.8. The van der Waals surface area contributed by atoms with Crippen molar-refractivity contribution in [1.82, 2.24) is 10.2 Å². The van der Waals surface area contributed by atoms with Crippen molar-refractivity contribution >= 4 is 50.7 Å². The number of anilines is 1. The number of ether oxygens (including phenoxy) is 1. The van der Waals surface area contributed by atoms with Crippen LogP contribution in [0.1, 0.15) is 44.7 Å². The molecule has 0 fully saturated rings. The number of benzene rings is 3. The standard InChI is InChI=1S/C31H37Cl2N3O5S/c1-6-22(4)34-31(38)27(7-2)35(19-24-25(32)14-11-15-26(24)33)30(37)20-36(28-18-21(3)16-17-29(28)41-5)42(39,40)23-12-9-8-10-13-23/h8-18,22,27H,6-7,19-20H2,1-5H3,(H,34,38). The first-order chi connectivity index (χ1) is 19.9. The van der Waals surface area contributed by atoms with E-state index in [1.165, 1.54) is 24.1 Å².